The summed E-state index contributed by atoms with van der Waals surface area (Å²) in [6.45, 7) is 2.13. The molecule has 0 aromatic heterocycles. The minimum atomic E-state index is -0.612. The van der Waals surface area contributed by atoms with Gasteiger partial charge in [0.05, 0.1) is 0 Å². The van der Waals surface area contributed by atoms with E-state index in [1.54, 1.807) is 11.8 Å². The molecule has 1 N–H and O–H groups in total. The van der Waals surface area contributed by atoms with Crippen molar-refractivity contribution in [3.05, 3.63) is 0 Å². The topological polar surface area (TPSA) is 37.3 Å². The number of hydrogen-bond donors (Lipinski definition) is 1. The fourth-order valence-electron chi connectivity index (χ4n) is 1.16. The molecule has 0 aromatic carbocycles. The normalized spacial score (nSPS) is 19.1. The van der Waals surface area contributed by atoms with Gasteiger partial charge >= 0.3 is 5.97 Å². The minimum absolute atomic E-state index is 0.114. The van der Waals surface area contributed by atoms with Crippen molar-refractivity contribution >= 4 is 17.7 Å². The Morgan fingerprint density at radius 2 is 2.33 bits per heavy atom. The van der Waals surface area contributed by atoms with Crippen molar-refractivity contribution in [2.24, 2.45) is 5.92 Å². The van der Waals surface area contributed by atoms with Gasteiger partial charge in [-0.05, 0) is 30.9 Å². The van der Waals surface area contributed by atoms with Gasteiger partial charge in [-0.1, -0.05) is 13.3 Å². The highest BCUT2D eigenvalue weighted by Gasteiger charge is 2.36. The Hall–Kier alpha value is -0.180. The fourth-order valence-corrected chi connectivity index (χ4v) is 2.56. The van der Waals surface area contributed by atoms with Gasteiger partial charge in [-0.3, -0.25) is 4.79 Å². The Bertz CT molecular complexity index is 155. The second kappa shape index (κ2) is 4.75. The zero-order chi connectivity index (χ0) is 8.97. The maximum Gasteiger partial charge on any atom is 0.316 e. The average molecular weight is 188 g/mol. The maximum atomic E-state index is 10.8. The highest BCUT2D eigenvalue weighted by atomic mass is 32.2. The largest absolute Gasteiger partial charge is 0.480 e. The molecule has 0 amide bonds. The first-order chi connectivity index (χ1) is 5.75. The Balaban J connectivity index is 2.19. The lowest BCUT2D eigenvalue weighted by Crippen LogP contribution is -2.18. The SMILES string of the molecule is CCCCSC(C(=O)O)C1CC1. The third-order valence-corrected chi connectivity index (χ3v) is 3.56. The van der Waals surface area contributed by atoms with Gasteiger partial charge in [0.15, 0.2) is 0 Å². The predicted octanol–water partition coefficient (Wildman–Crippen LogP) is 2.38. The van der Waals surface area contributed by atoms with Crippen LogP contribution in [-0.4, -0.2) is 22.1 Å². The van der Waals surface area contributed by atoms with Crippen molar-refractivity contribution < 1.29 is 9.90 Å². The van der Waals surface area contributed by atoms with Crippen molar-refractivity contribution in [3.8, 4) is 0 Å². The number of hydrogen-bond acceptors (Lipinski definition) is 2. The zero-order valence-corrected chi connectivity index (χ0v) is 8.27. The molecule has 12 heavy (non-hydrogen) atoms. The van der Waals surface area contributed by atoms with Gasteiger partial charge in [-0.25, -0.2) is 0 Å². The van der Waals surface area contributed by atoms with Crippen LogP contribution >= 0.6 is 11.8 Å². The third-order valence-electron chi connectivity index (χ3n) is 2.09. The summed E-state index contributed by atoms with van der Waals surface area (Å²) < 4.78 is 0. The molecule has 3 heteroatoms. The van der Waals surface area contributed by atoms with Gasteiger partial charge in [0.25, 0.3) is 0 Å². The van der Waals surface area contributed by atoms with Gasteiger partial charge in [-0.15, -0.1) is 11.8 Å². The van der Waals surface area contributed by atoms with Crippen molar-refractivity contribution in [1.82, 2.24) is 0 Å². The first-order valence-corrected chi connectivity index (χ1v) is 5.65. The monoisotopic (exact) mass is 188 g/mol. The van der Waals surface area contributed by atoms with Gasteiger partial charge < -0.3 is 5.11 Å². The molecule has 0 heterocycles. The maximum absolute atomic E-state index is 10.8. The molecule has 1 rings (SSSR count). The number of carboxylic acids is 1. The predicted molar refractivity (Wildman–Crippen MR) is 51.5 cm³/mol. The summed E-state index contributed by atoms with van der Waals surface area (Å²) in [5.74, 6) is 0.868. The van der Waals surface area contributed by atoms with Gasteiger partial charge in [0.2, 0.25) is 0 Å². The second-order valence-electron chi connectivity index (χ2n) is 3.32. The van der Waals surface area contributed by atoms with E-state index in [1.807, 2.05) is 0 Å². The van der Waals surface area contributed by atoms with Crippen LogP contribution < -0.4 is 0 Å². The van der Waals surface area contributed by atoms with Gasteiger partial charge in [0.1, 0.15) is 5.25 Å². The van der Waals surface area contributed by atoms with E-state index in [0.717, 1.165) is 31.4 Å². The van der Waals surface area contributed by atoms with Crippen LogP contribution in [0, 0.1) is 5.92 Å². The number of unbranched alkanes of at least 4 members (excludes halogenated alkanes) is 1. The Kier molecular flexibility index (Phi) is 3.92. The van der Waals surface area contributed by atoms with Crippen LogP contribution in [0.3, 0.4) is 0 Å². The summed E-state index contributed by atoms with van der Waals surface area (Å²) in [5.41, 5.74) is 0. The molecule has 1 atom stereocenters. The number of aliphatic carboxylic acids is 1. The summed E-state index contributed by atoms with van der Waals surface area (Å²) >= 11 is 1.63. The first-order valence-electron chi connectivity index (χ1n) is 4.60. The molecule has 0 bridgehead atoms. The van der Waals surface area contributed by atoms with Crippen molar-refractivity contribution in [2.45, 2.75) is 37.9 Å². The van der Waals surface area contributed by atoms with Crippen LogP contribution in [0.5, 0.6) is 0 Å². The lowest BCUT2D eigenvalue weighted by molar-refractivity contribution is -0.136. The smallest absolute Gasteiger partial charge is 0.316 e. The Labute approximate surface area is 77.7 Å². The fraction of sp³-hybridized carbons (Fsp3) is 0.889. The highest BCUT2D eigenvalue weighted by molar-refractivity contribution is 8.00. The van der Waals surface area contributed by atoms with Gasteiger partial charge in [-0.2, -0.15) is 0 Å². The summed E-state index contributed by atoms with van der Waals surface area (Å²) in [6, 6.07) is 0. The molecule has 0 aliphatic heterocycles. The lowest BCUT2D eigenvalue weighted by atomic mass is 10.3. The van der Waals surface area contributed by atoms with Crippen molar-refractivity contribution in [3.63, 3.8) is 0 Å². The second-order valence-corrected chi connectivity index (χ2v) is 4.57. The van der Waals surface area contributed by atoms with Crippen LogP contribution in [0.2, 0.25) is 0 Å². The molecular weight excluding hydrogens is 172 g/mol. The first kappa shape index (κ1) is 9.90. The molecule has 1 unspecified atom stereocenters. The van der Waals surface area contributed by atoms with Crippen molar-refractivity contribution in [2.75, 3.05) is 5.75 Å². The Morgan fingerprint density at radius 3 is 2.75 bits per heavy atom. The van der Waals surface area contributed by atoms with E-state index in [9.17, 15) is 4.79 Å². The molecule has 2 nitrogen and oxygen atoms in total. The van der Waals surface area contributed by atoms with Crippen LogP contribution in [0.25, 0.3) is 0 Å². The van der Waals surface area contributed by atoms with E-state index in [4.69, 9.17) is 5.11 Å². The number of thioether (sulfide) groups is 1. The molecule has 0 saturated heterocycles. The van der Waals surface area contributed by atoms with E-state index in [0.29, 0.717) is 5.92 Å². The quantitative estimate of drug-likeness (QED) is 0.650. The van der Waals surface area contributed by atoms with Crippen LogP contribution in [0.15, 0.2) is 0 Å². The highest BCUT2D eigenvalue weighted by Crippen LogP contribution is 2.39. The molecule has 0 aromatic rings. The number of rotatable bonds is 6. The summed E-state index contributed by atoms with van der Waals surface area (Å²) in [6.07, 6.45) is 4.54. The van der Waals surface area contributed by atoms with E-state index in [-0.39, 0.29) is 5.25 Å². The standard InChI is InChI=1S/C9H16O2S/c1-2-3-6-12-8(9(10)11)7-4-5-7/h7-8H,2-6H2,1H3,(H,10,11). The van der Waals surface area contributed by atoms with Gasteiger partial charge in [0, 0.05) is 0 Å². The summed E-state index contributed by atoms with van der Waals surface area (Å²) in [5, 5.41) is 8.75. The van der Waals surface area contributed by atoms with Crippen LogP contribution in [0.1, 0.15) is 32.6 Å². The number of carbonyl (C=O) groups is 1. The molecule has 1 aliphatic carbocycles. The molecule has 1 saturated carbocycles. The molecule has 1 aliphatic rings. The number of carboxylic acid groups (broad SMARTS) is 1. The third kappa shape index (κ3) is 3.05. The summed E-state index contributed by atoms with van der Waals surface area (Å²) in [4.78, 5) is 10.8. The lowest BCUT2D eigenvalue weighted by Gasteiger charge is -2.09. The molecule has 0 radical (unpaired) electrons. The molecular formula is C9H16O2S. The average Bonchev–Trinajstić information content (AvgIpc) is 2.80. The zero-order valence-electron chi connectivity index (χ0n) is 7.45. The van der Waals surface area contributed by atoms with E-state index in [1.165, 1.54) is 0 Å². The van der Waals surface area contributed by atoms with Crippen LogP contribution in [-0.2, 0) is 4.79 Å². The van der Waals surface area contributed by atoms with Crippen LogP contribution in [0.4, 0.5) is 0 Å². The Morgan fingerprint density at radius 1 is 1.67 bits per heavy atom. The minimum Gasteiger partial charge on any atom is -0.480 e. The van der Waals surface area contributed by atoms with E-state index < -0.39 is 5.97 Å². The van der Waals surface area contributed by atoms with E-state index in [2.05, 4.69) is 6.92 Å². The van der Waals surface area contributed by atoms with Crippen molar-refractivity contribution in [1.29, 1.82) is 0 Å². The van der Waals surface area contributed by atoms with E-state index >= 15 is 0 Å². The molecule has 1 fully saturated rings. The summed E-state index contributed by atoms with van der Waals surface area (Å²) in [7, 11) is 0. The molecule has 70 valence electrons. The molecule has 0 spiro atoms.